The van der Waals surface area contributed by atoms with E-state index in [9.17, 15) is 4.79 Å². The molecule has 0 saturated carbocycles. The molecule has 0 spiro atoms. The van der Waals surface area contributed by atoms with E-state index in [-0.39, 0.29) is 11.8 Å². The summed E-state index contributed by atoms with van der Waals surface area (Å²) in [6.07, 6.45) is 3.88. The lowest BCUT2D eigenvalue weighted by Crippen LogP contribution is -2.27. The molecule has 0 bridgehead atoms. The molecule has 1 N–H and O–H groups in total. The lowest BCUT2D eigenvalue weighted by Gasteiger charge is -2.26. The first-order valence-electron chi connectivity index (χ1n) is 7.73. The number of carbonyl (C=O) groups excluding carboxylic acids is 1. The number of furan rings is 1. The quantitative estimate of drug-likeness (QED) is 0.643. The molecular formula is C16H20N4O2S. The van der Waals surface area contributed by atoms with Gasteiger partial charge in [0.05, 0.1) is 6.26 Å². The highest BCUT2D eigenvalue weighted by molar-refractivity contribution is 7.99. The van der Waals surface area contributed by atoms with E-state index in [2.05, 4.69) is 22.3 Å². The molecule has 1 aliphatic rings. The average Bonchev–Trinajstić information content (AvgIpc) is 3.14. The molecule has 6 nitrogen and oxygen atoms in total. The molecule has 1 atom stereocenters. The second-order valence-electron chi connectivity index (χ2n) is 5.50. The summed E-state index contributed by atoms with van der Waals surface area (Å²) in [5.74, 6) is 2.31. The topological polar surface area (TPSA) is 73.0 Å². The first kappa shape index (κ1) is 15.9. The number of allylic oxidation sites excluding steroid dienone is 2. The van der Waals surface area contributed by atoms with Gasteiger partial charge in [0, 0.05) is 17.0 Å². The first-order chi connectivity index (χ1) is 11.1. The highest BCUT2D eigenvalue weighted by Crippen LogP contribution is 2.36. The number of thioether (sulfide) groups is 1. The predicted octanol–water partition coefficient (Wildman–Crippen LogP) is 3.64. The number of rotatable bonds is 6. The van der Waals surface area contributed by atoms with Crippen LogP contribution in [0.4, 0.5) is 5.95 Å². The molecule has 23 heavy (non-hydrogen) atoms. The minimum absolute atomic E-state index is 0.00210. The van der Waals surface area contributed by atoms with Crippen LogP contribution in [0.15, 0.2) is 39.2 Å². The molecular weight excluding hydrogens is 312 g/mol. The maximum atomic E-state index is 12.1. The molecule has 0 saturated heterocycles. The van der Waals surface area contributed by atoms with Crippen LogP contribution in [0.25, 0.3) is 0 Å². The fourth-order valence-corrected chi connectivity index (χ4v) is 3.58. The molecule has 0 amide bonds. The van der Waals surface area contributed by atoms with Crippen molar-refractivity contribution in [2.45, 2.75) is 44.8 Å². The van der Waals surface area contributed by atoms with Gasteiger partial charge in [-0.1, -0.05) is 25.1 Å². The van der Waals surface area contributed by atoms with Gasteiger partial charge in [0.25, 0.3) is 0 Å². The SMILES string of the molecule is CCCCSc1nc2n(n1)C(c1ccco1)C(C(C)=O)=C(C)N2. The van der Waals surface area contributed by atoms with Crippen LogP contribution in [0, 0.1) is 0 Å². The van der Waals surface area contributed by atoms with Crippen LogP contribution >= 0.6 is 11.8 Å². The van der Waals surface area contributed by atoms with Crippen molar-refractivity contribution in [1.29, 1.82) is 0 Å². The van der Waals surface area contributed by atoms with Crippen molar-refractivity contribution < 1.29 is 9.21 Å². The van der Waals surface area contributed by atoms with Crippen LogP contribution in [0.5, 0.6) is 0 Å². The third-order valence-corrected chi connectivity index (χ3v) is 4.68. The van der Waals surface area contributed by atoms with Crippen LogP contribution in [0.3, 0.4) is 0 Å². The number of aromatic nitrogens is 3. The summed E-state index contributed by atoms with van der Waals surface area (Å²) in [4.78, 5) is 16.7. The van der Waals surface area contributed by atoms with Gasteiger partial charge in [0.2, 0.25) is 11.1 Å². The second-order valence-corrected chi connectivity index (χ2v) is 6.56. The largest absolute Gasteiger partial charge is 0.467 e. The third kappa shape index (κ3) is 3.06. The summed E-state index contributed by atoms with van der Waals surface area (Å²) < 4.78 is 7.30. The van der Waals surface area contributed by atoms with Crippen LogP contribution in [0.2, 0.25) is 0 Å². The normalized spacial score (nSPS) is 17.1. The Morgan fingerprint density at radius 3 is 3.00 bits per heavy atom. The lowest BCUT2D eigenvalue weighted by molar-refractivity contribution is -0.114. The van der Waals surface area contributed by atoms with Crippen LogP contribution in [-0.4, -0.2) is 26.3 Å². The summed E-state index contributed by atoms with van der Waals surface area (Å²) in [6.45, 7) is 5.61. The molecule has 1 unspecified atom stereocenters. The lowest BCUT2D eigenvalue weighted by atomic mass is 9.98. The molecule has 1 aliphatic heterocycles. The number of anilines is 1. The van der Waals surface area contributed by atoms with Gasteiger partial charge >= 0.3 is 0 Å². The van der Waals surface area contributed by atoms with Gasteiger partial charge in [-0.15, -0.1) is 5.10 Å². The molecule has 2 aromatic heterocycles. The number of Topliss-reactive ketones (excluding diaryl/α,β-unsaturated/α-hetero) is 1. The highest BCUT2D eigenvalue weighted by atomic mass is 32.2. The molecule has 3 heterocycles. The Morgan fingerprint density at radius 2 is 2.35 bits per heavy atom. The Morgan fingerprint density at radius 1 is 1.52 bits per heavy atom. The number of fused-ring (bicyclic) bond motifs is 1. The number of nitrogens with zero attached hydrogens (tertiary/aromatic N) is 3. The van der Waals surface area contributed by atoms with Crippen molar-refractivity contribution >= 4 is 23.5 Å². The van der Waals surface area contributed by atoms with Gasteiger partial charge in [0.1, 0.15) is 11.8 Å². The molecule has 122 valence electrons. The van der Waals surface area contributed by atoms with Gasteiger partial charge in [-0.3, -0.25) is 4.79 Å². The Hall–Kier alpha value is -2.02. The Balaban J connectivity index is 1.99. The number of unbranched alkanes of at least 4 members (excludes halogenated alkanes) is 1. The zero-order chi connectivity index (χ0) is 16.4. The average molecular weight is 332 g/mol. The predicted molar refractivity (Wildman–Crippen MR) is 89.5 cm³/mol. The van der Waals surface area contributed by atoms with E-state index in [4.69, 9.17) is 4.42 Å². The monoisotopic (exact) mass is 332 g/mol. The van der Waals surface area contributed by atoms with Gasteiger partial charge in [0.15, 0.2) is 5.78 Å². The molecule has 3 rings (SSSR count). The van der Waals surface area contributed by atoms with Gasteiger partial charge in [-0.2, -0.15) is 4.98 Å². The second kappa shape index (κ2) is 6.62. The van der Waals surface area contributed by atoms with E-state index in [0.717, 1.165) is 29.4 Å². The molecule has 0 aromatic carbocycles. The van der Waals surface area contributed by atoms with E-state index < -0.39 is 0 Å². The standard InChI is InChI=1S/C16H20N4O2S/c1-4-5-9-23-16-18-15-17-10(2)13(11(3)21)14(20(15)19-16)12-7-6-8-22-12/h6-8,14H,4-5,9H2,1-3H3,(H,17,18,19). The molecule has 7 heteroatoms. The number of hydrogen-bond donors (Lipinski definition) is 1. The minimum Gasteiger partial charge on any atom is -0.467 e. The van der Waals surface area contributed by atoms with Gasteiger partial charge in [-0.05, 0) is 32.4 Å². The van der Waals surface area contributed by atoms with E-state index in [1.807, 2.05) is 19.1 Å². The summed E-state index contributed by atoms with van der Waals surface area (Å²) in [5.41, 5.74) is 1.45. The fourth-order valence-electron chi connectivity index (χ4n) is 2.67. The Bertz CT molecular complexity index is 733. The molecule has 2 aromatic rings. The maximum Gasteiger partial charge on any atom is 0.227 e. The van der Waals surface area contributed by atoms with Crippen molar-refractivity contribution in [3.8, 4) is 0 Å². The summed E-state index contributed by atoms with van der Waals surface area (Å²) >= 11 is 1.63. The molecule has 0 radical (unpaired) electrons. The minimum atomic E-state index is -0.369. The summed E-state index contributed by atoms with van der Waals surface area (Å²) in [5, 5.41) is 8.49. The van der Waals surface area contributed by atoms with Crippen molar-refractivity contribution in [1.82, 2.24) is 14.8 Å². The van der Waals surface area contributed by atoms with Crippen LogP contribution in [0.1, 0.15) is 45.4 Å². The van der Waals surface area contributed by atoms with Gasteiger partial charge in [-0.25, -0.2) is 4.68 Å². The zero-order valence-electron chi connectivity index (χ0n) is 13.5. The summed E-state index contributed by atoms with van der Waals surface area (Å²) in [7, 11) is 0. The van der Waals surface area contributed by atoms with Crippen molar-refractivity contribution in [2.24, 2.45) is 0 Å². The van der Waals surface area contributed by atoms with Crippen molar-refractivity contribution in [3.63, 3.8) is 0 Å². The number of nitrogens with one attached hydrogen (secondary N) is 1. The fraction of sp³-hybridized carbons (Fsp3) is 0.438. The maximum absolute atomic E-state index is 12.1. The molecule has 0 fully saturated rings. The molecule has 0 aliphatic carbocycles. The third-order valence-electron chi connectivity index (χ3n) is 3.75. The Kier molecular flexibility index (Phi) is 4.56. The van der Waals surface area contributed by atoms with Crippen LogP contribution in [-0.2, 0) is 4.79 Å². The Labute approximate surface area is 139 Å². The van der Waals surface area contributed by atoms with Crippen LogP contribution < -0.4 is 5.32 Å². The smallest absolute Gasteiger partial charge is 0.227 e. The van der Waals surface area contributed by atoms with Gasteiger partial charge < -0.3 is 9.73 Å². The van der Waals surface area contributed by atoms with Crippen molar-refractivity contribution in [2.75, 3.05) is 11.1 Å². The van der Waals surface area contributed by atoms with E-state index in [1.54, 1.807) is 29.6 Å². The zero-order valence-corrected chi connectivity index (χ0v) is 14.3. The summed E-state index contributed by atoms with van der Waals surface area (Å²) in [6, 6.07) is 3.31. The number of carbonyl (C=O) groups is 1. The van der Waals surface area contributed by atoms with E-state index >= 15 is 0 Å². The number of ketones is 1. The highest BCUT2D eigenvalue weighted by Gasteiger charge is 2.34. The van der Waals surface area contributed by atoms with Crippen molar-refractivity contribution in [3.05, 3.63) is 35.4 Å². The van der Waals surface area contributed by atoms with E-state index in [1.165, 1.54) is 0 Å². The number of hydrogen-bond acceptors (Lipinski definition) is 6. The van der Waals surface area contributed by atoms with E-state index in [0.29, 0.717) is 17.3 Å². The first-order valence-corrected chi connectivity index (χ1v) is 8.71.